The average molecular weight is 424 g/mol. The average Bonchev–Trinajstić information content (AvgIpc) is 3.31. The van der Waals surface area contributed by atoms with E-state index in [0.29, 0.717) is 24.7 Å². The third kappa shape index (κ3) is 4.18. The molecule has 0 aliphatic carbocycles. The Labute approximate surface area is 187 Å². The largest absolute Gasteiger partial charge is 0.333 e. The molecular weight excluding hydrogens is 398 g/mol. The van der Waals surface area contributed by atoms with Gasteiger partial charge in [-0.25, -0.2) is 0 Å². The van der Waals surface area contributed by atoms with Crippen molar-refractivity contribution in [1.29, 1.82) is 0 Å². The minimum Gasteiger partial charge on any atom is -0.333 e. The number of carbonyl (C=O) groups excluding carboxylic acids is 1. The van der Waals surface area contributed by atoms with Gasteiger partial charge in [0.05, 0.1) is 0 Å². The van der Waals surface area contributed by atoms with Gasteiger partial charge in [0.15, 0.2) is 5.82 Å². The number of aromatic nitrogens is 3. The van der Waals surface area contributed by atoms with E-state index in [1.807, 2.05) is 76.2 Å². The predicted octanol–water partition coefficient (Wildman–Crippen LogP) is 3.89. The fraction of sp³-hybridized carbons (Fsp3) is 0.192. The number of hydrogen-bond acceptors (Lipinski definition) is 4. The monoisotopic (exact) mass is 423 g/mol. The summed E-state index contributed by atoms with van der Waals surface area (Å²) in [6.45, 7) is 3.93. The number of carbonyl (C=O) groups is 1. The molecule has 1 aliphatic rings. The first-order chi connectivity index (χ1) is 15.8. The normalized spacial score (nSPS) is 14.4. The van der Waals surface area contributed by atoms with Crippen LogP contribution in [-0.4, -0.2) is 56.7 Å². The zero-order valence-corrected chi connectivity index (χ0v) is 17.8. The van der Waals surface area contributed by atoms with Crippen molar-refractivity contribution in [3.8, 4) is 17.1 Å². The standard InChI is InChI=1S/C26H25N5O/c32-26(30-18-16-29(17-19-30)20-21-10-4-1-5-11-21)25-28-27-24(22-12-6-2-7-13-22)31(25)23-14-8-3-9-15-23/h1-15H,16-20H2. The third-order valence-electron chi connectivity index (χ3n) is 5.81. The summed E-state index contributed by atoms with van der Waals surface area (Å²) in [6.07, 6.45) is 0. The molecule has 1 aliphatic heterocycles. The molecular formula is C26H25N5O. The second kappa shape index (κ2) is 9.16. The zero-order chi connectivity index (χ0) is 21.8. The fourth-order valence-electron chi connectivity index (χ4n) is 4.11. The highest BCUT2D eigenvalue weighted by atomic mass is 16.2. The van der Waals surface area contributed by atoms with E-state index in [4.69, 9.17) is 0 Å². The molecule has 160 valence electrons. The van der Waals surface area contributed by atoms with E-state index in [-0.39, 0.29) is 5.91 Å². The van der Waals surface area contributed by atoms with Crippen LogP contribution >= 0.6 is 0 Å². The van der Waals surface area contributed by atoms with E-state index in [9.17, 15) is 4.79 Å². The van der Waals surface area contributed by atoms with Crippen LogP contribution in [0.15, 0.2) is 91.0 Å². The maximum Gasteiger partial charge on any atom is 0.292 e. The molecule has 0 atom stereocenters. The smallest absolute Gasteiger partial charge is 0.292 e. The number of piperazine rings is 1. The van der Waals surface area contributed by atoms with Crippen molar-refractivity contribution in [1.82, 2.24) is 24.6 Å². The van der Waals surface area contributed by atoms with Crippen LogP contribution in [0.5, 0.6) is 0 Å². The van der Waals surface area contributed by atoms with Crippen molar-refractivity contribution >= 4 is 5.91 Å². The highest BCUT2D eigenvalue weighted by molar-refractivity contribution is 5.92. The molecule has 4 aromatic rings. The summed E-state index contributed by atoms with van der Waals surface area (Å²) >= 11 is 0. The SMILES string of the molecule is O=C(c1nnc(-c2ccccc2)n1-c1ccccc1)N1CCN(Cc2ccccc2)CC1. The number of para-hydroxylation sites is 1. The molecule has 1 saturated heterocycles. The molecule has 1 aromatic heterocycles. The second-order valence-electron chi connectivity index (χ2n) is 7.94. The van der Waals surface area contributed by atoms with Gasteiger partial charge in [0.25, 0.3) is 5.91 Å². The van der Waals surface area contributed by atoms with Gasteiger partial charge in [-0.3, -0.25) is 14.3 Å². The van der Waals surface area contributed by atoms with Crippen molar-refractivity contribution in [2.24, 2.45) is 0 Å². The van der Waals surface area contributed by atoms with Gasteiger partial charge in [-0.05, 0) is 17.7 Å². The molecule has 32 heavy (non-hydrogen) atoms. The molecule has 5 rings (SSSR count). The van der Waals surface area contributed by atoms with E-state index in [0.717, 1.165) is 30.9 Å². The number of hydrogen-bond donors (Lipinski definition) is 0. The van der Waals surface area contributed by atoms with Crippen LogP contribution in [0.2, 0.25) is 0 Å². The van der Waals surface area contributed by atoms with Crippen molar-refractivity contribution in [2.45, 2.75) is 6.54 Å². The number of nitrogens with zero attached hydrogens (tertiary/aromatic N) is 5. The Morgan fingerprint density at radius 2 is 1.31 bits per heavy atom. The van der Waals surface area contributed by atoms with Gasteiger partial charge in [-0.1, -0.05) is 78.9 Å². The van der Waals surface area contributed by atoms with Crippen LogP contribution in [0.25, 0.3) is 17.1 Å². The summed E-state index contributed by atoms with van der Waals surface area (Å²) in [5.41, 5.74) is 3.10. The van der Waals surface area contributed by atoms with Gasteiger partial charge in [0.2, 0.25) is 5.82 Å². The van der Waals surface area contributed by atoms with Crippen LogP contribution < -0.4 is 0 Å². The Morgan fingerprint density at radius 3 is 1.97 bits per heavy atom. The first-order valence-electron chi connectivity index (χ1n) is 10.9. The van der Waals surface area contributed by atoms with Crippen molar-refractivity contribution in [3.63, 3.8) is 0 Å². The first kappa shape index (κ1) is 20.2. The van der Waals surface area contributed by atoms with Crippen molar-refractivity contribution < 1.29 is 4.79 Å². The zero-order valence-electron chi connectivity index (χ0n) is 17.8. The summed E-state index contributed by atoms with van der Waals surface area (Å²) in [7, 11) is 0. The molecule has 3 aromatic carbocycles. The predicted molar refractivity (Wildman–Crippen MR) is 124 cm³/mol. The molecule has 0 bridgehead atoms. The van der Waals surface area contributed by atoms with Crippen molar-refractivity contribution in [3.05, 3.63) is 102 Å². The van der Waals surface area contributed by atoms with E-state index < -0.39 is 0 Å². The molecule has 0 radical (unpaired) electrons. The highest BCUT2D eigenvalue weighted by Gasteiger charge is 2.28. The summed E-state index contributed by atoms with van der Waals surface area (Å²) in [5.74, 6) is 0.942. The lowest BCUT2D eigenvalue weighted by molar-refractivity contribution is 0.0614. The van der Waals surface area contributed by atoms with Crippen LogP contribution in [0.4, 0.5) is 0 Å². The second-order valence-corrected chi connectivity index (χ2v) is 7.94. The maximum atomic E-state index is 13.5. The highest BCUT2D eigenvalue weighted by Crippen LogP contribution is 2.24. The first-order valence-corrected chi connectivity index (χ1v) is 10.9. The Bertz CT molecular complexity index is 1170. The molecule has 0 N–H and O–H groups in total. The van der Waals surface area contributed by atoms with E-state index in [1.54, 1.807) is 0 Å². The molecule has 6 heteroatoms. The minimum atomic E-state index is -0.0807. The summed E-state index contributed by atoms with van der Waals surface area (Å²) in [5, 5.41) is 8.74. The van der Waals surface area contributed by atoms with Gasteiger partial charge < -0.3 is 4.90 Å². The lowest BCUT2D eigenvalue weighted by Gasteiger charge is -2.34. The Balaban J connectivity index is 1.38. The fourth-order valence-corrected chi connectivity index (χ4v) is 4.11. The van der Waals surface area contributed by atoms with Gasteiger partial charge in [-0.15, -0.1) is 10.2 Å². The topological polar surface area (TPSA) is 54.3 Å². The third-order valence-corrected chi connectivity index (χ3v) is 5.81. The summed E-state index contributed by atoms with van der Waals surface area (Å²) in [6, 6.07) is 30.2. The van der Waals surface area contributed by atoms with E-state index >= 15 is 0 Å². The van der Waals surface area contributed by atoms with Crippen LogP contribution in [0.3, 0.4) is 0 Å². The molecule has 0 saturated carbocycles. The summed E-state index contributed by atoms with van der Waals surface area (Å²) in [4.78, 5) is 17.8. The molecule has 1 fully saturated rings. The van der Waals surface area contributed by atoms with Gasteiger partial charge >= 0.3 is 0 Å². The Morgan fingerprint density at radius 1 is 0.719 bits per heavy atom. The van der Waals surface area contributed by atoms with Crippen LogP contribution in [-0.2, 0) is 6.54 Å². The van der Waals surface area contributed by atoms with Gasteiger partial charge in [-0.2, -0.15) is 0 Å². The Kier molecular flexibility index (Phi) is 5.77. The Hall–Kier alpha value is -3.77. The van der Waals surface area contributed by atoms with Gasteiger partial charge in [0.1, 0.15) is 0 Å². The lowest BCUT2D eigenvalue weighted by atomic mass is 10.2. The van der Waals surface area contributed by atoms with Gasteiger partial charge in [0, 0.05) is 44.0 Å². The minimum absolute atomic E-state index is 0.0807. The molecule has 6 nitrogen and oxygen atoms in total. The van der Waals surface area contributed by atoms with E-state index in [2.05, 4.69) is 39.4 Å². The van der Waals surface area contributed by atoms with E-state index in [1.165, 1.54) is 5.56 Å². The van der Waals surface area contributed by atoms with Crippen molar-refractivity contribution in [2.75, 3.05) is 26.2 Å². The number of rotatable bonds is 5. The quantitative estimate of drug-likeness (QED) is 0.489. The molecule has 2 heterocycles. The van der Waals surface area contributed by atoms with Crippen LogP contribution in [0.1, 0.15) is 16.2 Å². The maximum absolute atomic E-state index is 13.5. The number of amides is 1. The summed E-state index contributed by atoms with van der Waals surface area (Å²) < 4.78 is 1.87. The number of benzene rings is 3. The molecule has 0 unspecified atom stereocenters. The van der Waals surface area contributed by atoms with Crippen LogP contribution in [0, 0.1) is 0 Å². The lowest BCUT2D eigenvalue weighted by Crippen LogP contribution is -2.48. The molecule has 0 spiro atoms. The molecule has 1 amide bonds.